The van der Waals surface area contributed by atoms with E-state index in [9.17, 15) is 18.0 Å². The van der Waals surface area contributed by atoms with E-state index in [1.807, 2.05) is 24.3 Å². The first-order valence-corrected chi connectivity index (χ1v) is 13.1. The molecule has 0 aliphatic heterocycles. The maximum absolute atomic E-state index is 12.7. The summed E-state index contributed by atoms with van der Waals surface area (Å²) in [5.74, 6) is 0.674. The standard InChI is InChI=1S/C28H26ClF3O4S/c1-2-34-27(33)17-36-24-12-14-25(22-6-4-3-5-21(22)24)37-26-13-7-18(15-23(26)29)16-35-20-10-8-19(9-11-20)28(30,31)32/h7-15H,2-6,16-17H2,1H3. The molecule has 4 rings (SSSR count). The van der Waals surface area contributed by atoms with E-state index in [-0.39, 0.29) is 19.2 Å². The third-order valence-electron chi connectivity index (χ3n) is 5.90. The van der Waals surface area contributed by atoms with Gasteiger partial charge in [-0.1, -0.05) is 29.4 Å². The van der Waals surface area contributed by atoms with Crippen molar-refractivity contribution in [1.29, 1.82) is 0 Å². The summed E-state index contributed by atoms with van der Waals surface area (Å²) in [6, 6.07) is 14.1. The van der Waals surface area contributed by atoms with Gasteiger partial charge < -0.3 is 14.2 Å². The van der Waals surface area contributed by atoms with Crippen LogP contribution in [-0.4, -0.2) is 19.2 Å². The van der Waals surface area contributed by atoms with Gasteiger partial charge in [0, 0.05) is 9.79 Å². The van der Waals surface area contributed by atoms with Gasteiger partial charge in [-0.3, -0.25) is 0 Å². The van der Waals surface area contributed by atoms with Crippen LogP contribution in [0.3, 0.4) is 0 Å². The second-order valence-electron chi connectivity index (χ2n) is 8.50. The number of hydrogen-bond acceptors (Lipinski definition) is 5. The lowest BCUT2D eigenvalue weighted by Gasteiger charge is -2.22. The van der Waals surface area contributed by atoms with Gasteiger partial charge in [-0.25, -0.2) is 4.79 Å². The van der Waals surface area contributed by atoms with Crippen molar-refractivity contribution in [3.8, 4) is 11.5 Å². The third kappa shape index (κ3) is 7.14. The predicted molar refractivity (Wildman–Crippen MR) is 137 cm³/mol. The highest BCUT2D eigenvalue weighted by Crippen LogP contribution is 2.41. The number of rotatable bonds is 9. The van der Waals surface area contributed by atoms with Crippen LogP contribution in [-0.2, 0) is 35.2 Å². The van der Waals surface area contributed by atoms with Crippen LogP contribution >= 0.6 is 23.4 Å². The molecule has 1 aliphatic rings. The fourth-order valence-corrected chi connectivity index (χ4v) is 5.45. The summed E-state index contributed by atoms with van der Waals surface area (Å²) in [4.78, 5) is 13.7. The molecule has 0 unspecified atom stereocenters. The molecule has 0 heterocycles. The smallest absolute Gasteiger partial charge is 0.416 e. The number of alkyl halides is 3. The Morgan fingerprint density at radius 2 is 1.65 bits per heavy atom. The van der Waals surface area contributed by atoms with E-state index in [4.69, 9.17) is 25.8 Å². The Hall–Kier alpha value is -2.84. The van der Waals surface area contributed by atoms with Gasteiger partial charge in [-0.15, -0.1) is 0 Å². The Morgan fingerprint density at radius 1 is 0.946 bits per heavy atom. The van der Waals surface area contributed by atoms with E-state index in [1.165, 1.54) is 17.7 Å². The maximum atomic E-state index is 12.7. The summed E-state index contributed by atoms with van der Waals surface area (Å²) in [5.41, 5.74) is 2.42. The van der Waals surface area contributed by atoms with Gasteiger partial charge in [-0.2, -0.15) is 13.2 Å². The lowest BCUT2D eigenvalue weighted by Crippen LogP contribution is -2.16. The quantitative estimate of drug-likeness (QED) is 0.253. The molecule has 0 N–H and O–H groups in total. The second-order valence-corrected chi connectivity index (χ2v) is 9.99. The number of carbonyl (C=O) groups is 1. The largest absolute Gasteiger partial charge is 0.489 e. The number of fused-ring (bicyclic) bond motifs is 1. The zero-order valence-corrected chi connectivity index (χ0v) is 21.8. The molecule has 0 fully saturated rings. The minimum absolute atomic E-state index is 0.116. The third-order valence-corrected chi connectivity index (χ3v) is 7.51. The molecule has 196 valence electrons. The number of carbonyl (C=O) groups excluding carboxylic acids is 1. The Kier molecular flexibility index (Phi) is 8.92. The molecule has 1 aliphatic carbocycles. The minimum Gasteiger partial charge on any atom is -0.489 e. The molecular formula is C28H26ClF3O4S. The molecule has 0 aromatic heterocycles. The highest BCUT2D eigenvalue weighted by Gasteiger charge is 2.30. The van der Waals surface area contributed by atoms with E-state index in [0.717, 1.165) is 58.7 Å². The summed E-state index contributed by atoms with van der Waals surface area (Å²) < 4.78 is 54.6. The number of hydrogen-bond donors (Lipinski definition) is 0. The van der Waals surface area contributed by atoms with Crippen molar-refractivity contribution in [2.75, 3.05) is 13.2 Å². The van der Waals surface area contributed by atoms with Gasteiger partial charge in [0.25, 0.3) is 0 Å². The Bertz CT molecular complexity index is 1250. The van der Waals surface area contributed by atoms with Gasteiger partial charge in [0.2, 0.25) is 0 Å². The first kappa shape index (κ1) is 27.2. The van der Waals surface area contributed by atoms with Crippen LogP contribution in [0.2, 0.25) is 5.02 Å². The topological polar surface area (TPSA) is 44.8 Å². The van der Waals surface area contributed by atoms with E-state index in [0.29, 0.717) is 23.1 Å². The molecule has 0 atom stereocenters. The average molecular weight is 551 g/mol. The zero-order chi connectivity index (χ0) is 26.4. The van der Waals surface area contributed by atoms with Crippen molar-refractivity contribution < 1.29 is 32.2 Å². The van der Waals surface area contributed by atoms with Gasteiger partial charge in [0.05, 0.1) is 17.2 Å². The van der Waals surface area contributed by atoms with E-state index in [1.54, 1.807) is 24.8 Å². The highest BCUT2D eigenvalue weighted by atomic mass is 35.5. The molecule has 0 saturated heterocycles. The lowest BCUT2D eigenvalue weighted by molar-refractivity contribution is -0.145. The minimum atomic E-state index is -4.38. The maximum Gasteiger partial charge on any atom is 0.416 e. The second kappa shape index (κ2) is 12.1. The summed E-state index contributed by atoms with van der Waals surface area (Å²) in [7, 11) is 0. The first-order chi connectivity index (χ1) is 17.7. The van der Waals surface area contributed by atoms with Crippen LogP contribution < -0.4 is 9.47 Å². The van der Waals surface area contributed by atoms with Crippen LogP contribution in [0, 0.1) is 0 Å². The van der Waals surface area contributed by atoms with Crippen LogP contribution in [0.1, 0.15) is 42.0 Å². The molecule has 0 radical (unpaired) electrons. The molecule has 3 aromatic carbocycles. The average Bonchev–Trinajstić information content (AvgIpc) is 2.88. The van der Waals surface area contributed by atoms with Crippen molar-refractivity contribution in [2.45, 2.75) is 55.2 Å². The molecule has 0 bridgehead atoms. The monoisotopic (exact) mass is 550 g/mol. The highest BCUT2D eigenvalue weighted by molar-refractivity contribution is 7.99. The molecule has 0 spiro atoms. The van der Waals surface area contributed by atoms with Gasteiger partial charge >= 0.3 is 12.1 Å². The van der Waals surface area contributed by atoms with Crippen LogP contribution in [0.15, 0.2) is 64.4 Å². The zero-order valence-electron chi connectivity index (χ0n) is 20.2. The van der Waals surface area contributed by atoms with Gasteiger partial charge in [0.15, 0.2) is 6.61 Å². The Balaban J connectivity index is 1.43. The van der Waals surface area contributed by atoms with Crippen LogP contribution in [0.5, 0.6) is 11.5 Å². The van der Waals surface area contributed by atoms with Crippen molar-refractivity contribution in [3.63, 3.8) is 0 Å². The van der Waals surface area contributed by atoms with E-state index < -0.39 is 11.7 Å². The van der Waals surface area contributed by atoms with Crippen molar-refractivity contribution in [3.05, 3.63) is 81.9 Å². The molecule has 9 heteroatoms. The number of benzene rings is 3. The summed E-state index contributed by atoms with van der Waals surface area (Å²) in [6.45, 7) is 2.14. The van der Waals surface area contributed by atoms with Gasteiger partial charge in [-0.05, 0) is 97.8 Å². The normalized spacial score (nSPS) is 13.1. The van der Waals surface area contributed by atoms with Crippen molar-refractivity contribution >= 4 is 29.3 Å². The molecule has 3 aromatic rings. The SMILES string of the molecule is CCOC(=O)COc1ccc(Sc2ccc(COc3ccc(C(F)(F)F)cc3)cc2Cl)c2c1CCCC2. The van der Waals surface area contributed by atoms with Crippen LogP contribution in [0.25, 0.3) is 0 Å². The Morgan fingerprint density at radius 3 is 2.32 bits per heavy atom. The molecule has 0 amide bonds. The summed E-state index contributed by atoms with van der Waals surface area (Å²) >= 11 is 8.15. The fraction of sp³-hybridized carbons (Fsp3) is 0.321. The lowest BCUT2D eigenvalue weighted by atomic mass is 9.91. The summed E-state index contributed by atoms with van der Waals surface area (Å²) in [6.07, 6.45) is -0.434. The Labute approximate surface area is 223 Å². The van der Waals surface area contributed by atoms with E-state index in [2.05, 4.69) is 0 Å². The molecule has 4 nitrogen and oxygen atoms in total. The van der Waals surface area contributed by atoms with Gasteiger partial charge in [0.1, 0.15) is 18.1 Å². The number of ether oxygens (including phenoxy) is 3. The predicted octanol–water partition coefficient (Wildman–Crippen LogP) is 7.91. The first-order valence-electron chi connectivity index (χ1n) is 11.9. The molecule has 37 heavy (non-hydrogen) atoms. The fourth-order valence-electron chi connectivity index (χ4n) is 4.11. The van der Waals surface area contributed by atoms with E-state index >= 15 is 0 Å². The number of halogens is 4. The van der Waals surface area contributed by atoms with Crippen LogP contribution in [0.4, 0.5) is 13.2 Å². The number of esters is 1. The molecular weight excluding hydrogens is 525 g/mol. The van der Waals surface area contributed by atoms with Crippen molar-refractivity contribution in [1.82, 2.24) is 0 Å². The molecule has 0 saturated carbocycles. The summed E-state index contributed by atoms with van der Waals surface area (Å²) in [5, 5.41) is 0.561. The van der Waals surface area contributed by atoms with Crippen molar-refractivity contribution in [2.24, 2.45) is 0 Å².